The molecule has 58 valence electrons. The van der Waals surface area contributed by atoms with Crippen LogP contribution in [0.2, 0.25) is 0 Å². The second-order valence-electron chi connectivity index (χ2n) is 1.98. The zero-order chi connectivity index (χ0) is 7.98. The molecule has 10 heavy (non-hydrogen) atoms. The van der Waals surface area contributed by atoms with Gasteiger partial charge in [-0.25, -0.2) is 4.79 Å². The Kier molecular flexibility index (Phi) is 4.28. The minimum absolute atomic E-state index is 0.539. The Labute approximate surface area is 59.2 Å². The van der Waals surface area contributed by atoms with E-state index < -0.39 is 12.1 Å². The molecule has 0 saturated heterocycles. The normalized spacial score (nSPS) is 12.1. The number of hydrogen-bond donors (Lipinski definition) is 2. The number of carbonyl (C=O) groups is 2. The van der Waals surface area contributed by atoms with E-state index in [1.165, 1.54) is 0 Å². The molecule has 0 heterocycles. The predicted octanol–water partition coefficient (Wildman–Crippen LogP) is 0.622. The fraction of sp³-hybridized carbons (Fsp3) is 0.667. The van der Waals surface area contributed by atoms with Gasteiger partial charge in [-0.2, -0.15) is 0 Å². The molecule has 4 nitrogen and oxygen atoms in total. The molecule has 0 aromatic heterocycles. The van der Waals surface area contributed by atoms with Crippen LogP contribution in [0.1, 0.15) is 19.8 Å². The van der Waals surface area contributed by atoms with E-state index in [0.717, 1.165) is 6.42 Å². The van der Waals surface area contributed by atoms with E-state index >= 15 is 0 Å². The van der Waals surface area contributed by atoms with Crippen molar-refractivity contribution in [1.82, 2.24) is 5.32 Å². The third kappa shape index (κ3) is 3.88. The lowest BCUT2D eigenvalue weighted by Crippen LogP contribution is -2.34. The van der Waals surface area contributed by atoms with E-state index in [-0.39, 0.29) is 0 Å². The number of nitrogens with one attached hydrogen (secondary N) is 1. The lowest BCUT2D eigenvalue weighted by atomic mass is 10.2. The first-order valence-corrected chi connectivity index (χ1v) is 3.15. The highest BCUT2D eigenvalue weighted by atomic mass is 16.4. The van der Waals surface area contributed by atoms with Gasteiger partial charge in [0.2, 0.25) is 0 Å². The van der Waals surface area contributed by atoms with Crippen molar-refractivity contribution in [2.24, 2.45) is 0 Å². The maximum atomic E-state index is 10.1. The number of amides is 1. The summed E-state index contributed by atoms with van der Waals surface area (Å²) in [5, 5.41) is 10.3. The van der Waals surface area contributed by atoms with Crippen LogP contribution in [0.15, 0.2) is 0 Å². The first-order valence-electron chi connectivity index (χ1n) is 3.15. The predicted molar refractivity (Wildman–Crippen MR) is 35.9 cm³/mol. The van der Waals surface area contributed by atoms with Gasteiger partial charge in [0.05, 0.1) is 6.04 Å². The summed E-state index contributed by atoms with van der Waals surface area (Å²) in [5.74, 6) is 0. The maximum Gasteiger partial charge on any atom is 0.405 e. The Morgan fingerprint density at radius 3 is 2.70 bits per heavy atom. The standard InChI is InChI=1S/C6H11NO3/c1-2-3-5(4-8)7-6(9)10/h4-5,7H,2-3H2,1H3,(H,9,10)/t5-/m0/s1. The highest BCUT2D eigenvalue weighted by Crippen LogP contribution is 1.91. The van der Waals surface area contributed by atoms with Gasteiger partial charge in [0.25, 0.3) is 0 Å². The zero-order valence-electron chi connectivity index (χ0n) is 5.83. The highest BCUT2D eigenvalue weighted by Gasteiger charge is 2.06. The molecule has 0 rings (SSSR count). The quantitative estimate of drug-likeness (QED) is 0.570. The number of carboxylic acid groups (broad SMARTS) is 1. The summed E-state index contributed by atoms with van der Waals surface area (Å²) >= 11 is 0. The van der Waals surface area contributed by atoms with E-state index in [1.807, 2.05) is 6.92 Å². The van der Waals surface area contributed by atoms with Gasteiger partial charge in [0, 0.05) is 0 Å². The van der Waals surface area contributed by atoms with E-state index in [4.69, 9.17) is 5.11 Å². The molecule has 0 fully saturated rings. The van der Waals surface area contributed by atoms with Crippen LogP contribution < -0.4 is 5.32 Å². The Morgan fingerprint density at radius 2 is 2.40 bits per heavy atom. The average molecular weight is 145 g/mol. The lowest BCUT2D eigenvalue weighted by Gasteiger charge is -2.06. The van der Waals surface area contributed by atoms with E-state index in [2.05, 4.69) is 5.32 Å². The summed E-state index contributed by atoms with van der Waals surface area (Å²) < 4.78 is 0. The van der Waals surface area contributed by atoms with Crippen molar-refractivity contribution in [3.8, 4) is 0 Å². The third-order valence-corrected chi connectivity index (χ3v) is 1.07. The smallest absolute Gasteiger partial charge is 0.405 e. The second-order valence-corrected chi connectivity index (χ2v) is 1.98. The van der Waals surface area contributed by atoms with Gasteiger partial charge in [-0.05, 0) is 6.42 Å². The minimum atomic E-state index is -1.15. The van der Waals surface area contributed by atoms with Crippen molar-refractivity contribution < 1.29 is 14.7 Å². The Balaban J connectivity index is 3.59. The molecule has 4 heteroatoms. The van der Waals surface area contributed by atoms with Gasteiger partial charge in [-0.3, -0.25) is 0 Å². The van der Waals surface area contributed by atoms with Crippen molar-refractivity contribution in [1.29, 1.82) is 0 Å². The Morgan fingerprint density at radius 1 is 1.80 bits per heavy atom. The van der Waals surface area contributed by atoms with Crippen LogP contribution in [-0.4, -0.2) is 23.5 Å². The molecule has 0 bridgehead atoms. The molecule has 2 N–H and O–H groups in total. The van der Waals surface area contributed by atoms with Crippen molar-refractivity contribution in [3.63, 3.8) is 0 Å². The molecular formula is C6H11NO3. The monoisotopic (exact) mass is 145 g/mol. The fourth-order valence-electron chi connectivity index (χ4n) is 0.644. The van der Waals surface area contributed by atoms with Gasteiger partial charge in [-0.1, -0.05) is 13.3 Å². The fourth-order valence-corrected chi connectivity index (χ4v) is 0.644. The van der Waals surface area contributed by atoms with Gasteiger partial charge in [0.1, 0.15) is 6.29 Å². The summed E-state index contributed by atoms with van der Waals surface area (Å²) in [5.41, 5.74) is 0. The highest BCUT2D eigenvalue weighted by molar-refractivity contribution is 5.71. The summed E-state index contributed by atoms with van der Waals surface area (Å²) in [7, 11) is 0. The first kappa shape index (κ1) is 8.94. The first-order chi connectivity index (χ1) is 4.70. The third-order valence-electron chi connectivity index (χ3n) is 1.07. The Bertz CT molecular complexity index is 124. The van der Waals surface area contributed by atoms with Crippen molar-refractivity contribution in [2.45, 2.75) is 25.8 Å². The van der Waals surface area contributed by atoms with Crippen LogP contribution in [0, 0.1) is 0 Å². The molecule has 0 aromatic carbocycles. The zero-order valence-corrected chi connectivity index (χ0v) is 5.83. The average Bonchev–Trinajstić information content (AvgIpc) is 1.86. The summed E-state index contributed by atoms with van der Waals surface area (Å²) in [6.45, 7) is 1.89. The van der Waals surface area contributed by atoms with Gasteiger partial charge in [0.15, 0.2) is 0 Å². The van der Waals surface area contributed by atoms with Crippen LogP contribution in [0.5, 0.6) is 0 Å². The van der Waals surface area contributed by atoms with Gasteiger partial charge >= 0.3 is 6.09 Å². The Hall–Kier alpha value is -1.06. The van der Waals surface area contributed by atoms with Crippen molar-refractivity contribution in [3.05, 3.63) is 0 Å². The largest absolute Gasteiger partial charge is 0.465 e. The summed E-state index contributed by atoms with van der Waals surface area (Å²) in [6.07, 6.45) is 0.822. The topological polar surface area (TPSA) is 66.4 Å². The summed E-state index contributed by atoms with van der Waals surface area (Å²) in [6, 6.07) is -0.539. The van der Waals surface area contributed by atoms with Crippen LogP contribution in [0.4, 0.5) is 4.79 Å². The van der Waals surface area contributed by atoms with Crippen LogP contribution in [0.3, 0.4) is 0 Å². The molecule has 1 atom stereocenters. The molecule has 0 aromatic rings. The van der Waals surface area contributed by atoms with Crippen molar-refractivity contribution >= 4 is 12.4 Å². The lowest BCUT2D eigenvalue weighted by molar-refractivity contribution is -0.109. The number of rotatable bonds is 4. The number of carbonyl (C=O) groups excluding carboxylic acids is 1. The molecule has 0 unspecified atom stereocenters. The molecule has 1 amide bonds. The maximum absolute atomic E-state index is 10.1. The molecular weight excluding hydrogens is 134 g/mol. The molecule has 0 radical (unpaired) electrons. The second kappa shape index (κ2) is 4.78. The van der Waals surface area contributed by atoms with E-state index in [1.54, 1.807) is 0 Å². The van der Waals surface area contributed by atoms with E-state index in [0.29, 0.717) is 12.7 Å². The molecule has 0 spiro atoms. The molecule has 0 saturated carbocycles. The van der Waals surface area contributed by atoms with Crippen LogP contribution in [0.25, 0.3) is 0 Å². The molecule has 0 aliphatic rings. The van der Waals surface area contributed by atoms with Crippen molar-refractivity contribution in [2.75, 3.05) is 0 Å². The summed E-state index contributed by atoms with van der Waals surface area (Å²) in [4.78, 5) is 20.1. The van der Waals surface area contributed by atoms with Crippen LogP contribution >= 0.6 is 0 Å². The van der Waals surface area contributed by atoms with Gasteiger partial charge < -0.3 is 15.2 Å². The van der Waals surface area contributed by atoms with Gasteiger partial charge in [-0.15, -0.1) is 0 Å². The minimum Gasteiger partial charge on any atom is -0.465 e. The number of aldehydes is 1. The molecule has 0 aliphatic carbocycles. The molecule has 0 aliphatic heterocycles. The van der Waals surface area contributed by atoms with Crippen LogP contribution in [-0.2, 0) is 4.79 Å². The van der Waals surface area contributed by atoms with E-state index in [9.17, 15) is 9.59 Å². The number of hydrogen-bond acceptors (Lipinski definition) is 2. The SMILES string of the molecule is CCC[C@@H](C=O)NC(=O)O.